The number of hydrogen-bond acceptors (Lipinski definition) is 2. The predicted octanol–water partition coefficient (Wildman–Crippen LogP) is 1.75. The van der Waals surface area contributed by atoms with Gasteiger partial charge in [-0.15, -0.1) is 12.4 Å². The van der Waals surface area contributed by atoms with E-state index in [1.807, 2.05) is 6.07 Å². The second kappa shape index (κ2) is 3.98. The molecule has 2 rings (SSSR count). The third kappa shape index (κ3) is 1.61. The third-order valence-electron chi connectivity index (χ3n) is 2.52. The lowest BCUT2D eigenvalue weighted by Crippen LogP contribution is -2.11. The van der Waals surface area contributed by atoms with Crippen LogP contribution in [0.3, 0.4) is 0 Å². The predicted molar refractivity (Wildman–Crippen MR) is 55.9 cm³/mol. The summed E-state index contributed by atoms with van der Waals surface area (Å²) in [6.45, 7) is 0. The number of fused-ring (bicyclic) bond motifs is 1. The number of carboxylic acids is 1. The fraction of sp³-hybridized carbons (Fsp3) is 0.300. The molecule has 0 amide bonds. The molecule has 1 aromatic rings. The van der Waals surface area contributed by atoms with E-state index in [0.29, 0.717) is 5.56 Å². The molecule has 0 radical (unpaired) electrons. The maximum absolute atomic E-state index is 10.9. The Kier molecular flexibility index (Phi) is 3.13. The van der Waals surface area contributed by atoms with Crippen molar-refractivity contribution in [1.82, 2.24) is 0 Å². The Labute approximate surface area is 88.3 Å². The van der Waals surface area contributed by atoms with Gasteiger partial charge in [0.2, 0.25) is 0 Å². The van der Waals surface area contributed by atoms with E-state index in [1.165, 1.54) is 0 Å². The molecular weight excluding hydrogens is 202 g/mol. The minimum atomic E-state index is -0.880. The van der Waals surface area contributed by atoms with Gasteiger partial charge in [-0.2, -0.15) is 0 Å². The minimum Gasteiger partial charge on any atom is -0.478 e. The van der Waals surface area contributed by atoms with Gasteiger partial charge in [0, 0.05) is 6.04 Å². The fourth-order valence-electron chi connectivity index (χ4n) is 1.91. The molecule has 0 spiro atoms. The standard InChI is InChI=1S/C10H11NO2.ClH/c11-8-5-4-6-2-1-3-7(9(6)8)10(12)13;/h1-3,8H,4-5,11H2,(H,12,13);1H/t8-;/m0./s1. The van der Waals surface area contributed by atoms with Crippen LogP contribution < -0.4 is 5.73 Å². The van der Waals surface area contributed by atoms with E-state index in [4.69, 9.17) is 10.8 Å². The van der Waals surface area contributed by atoms with Crippen molar-refractivity contribution in [2.75, 3.05) is 0 Å². The summed E-state index contributed by atoms with van der Waals surface area (Å²) in [5.41, 5.74) is 8.10. The topological polar surface area (TPSA) is 63.3 Å². The first-order valence-electron chi connectivity index (χ1n) is 4.31. The summed E-state index contributed by atoms with van der Waals surface area (Å²) in [5.74, 6) is -0.880. The smallest absolute Gasteiger partial charge is 0.336 e. The molecule has 0 heterocycles. The zero-order valence-corrected chi connectivity index (χ0v) is 8.38. The number of halogens is 1. The first kappa shape index (κ1) is 11.0. The first-order valence-corrected chi connectivity index (χ1v) is 4.31. The summed E-state index contributed by atoms with van der Waals surface area (Å²) in [6.07, 6.45) is 1.76. The van der Waals surface area contributed by atoms with Gasteiger partial charge in [0.25, 0.3) is 0 Å². The van der Waals surface area contributed by atoms with Gasteiger partial charge in [0.1, 0.15) is 0 Å². The summed E-state index contributed by atoms with van der Waals surface area (Å²) in [6, 6.07) is 5.25. The van der Waals surface area contributed by atoms with Crippen LogP contribution in [0.1, 0.15) is 33.9 Å². The molecule has 3 N–H and O–H groups in total. The Morgan fingerprint density at radius 1 is 1.50 bits per heavy atom. The van der Waals surface area contributed by atoms with Crippen molar-refractivity contribution in [3.8, 4) is 0 Å². The molecule has 0 aromatic heterocycles. The average Bonchev–Trinajstić information content (AvgIpc) is 2.48. The first-order chi connectivity index (χ1) is 6.20. The van der Waals surface area contributed by atoms with E-state index in [0.717, 1.165) is 24.0 Å². The Bertz CT molecular complexity index is 365. The van der Waals surface area contributed by atoms with Crippen molar-refractivity contribution in [3.63, 3.8) is 0 Å². The number of rotatable bonds is 1. The second-order valence-corrected chi connectivity index (χ2v) is 3.33. The lowest BCUT2D eigenvalue weighted by molar-refractivity contribution is 0.0695. The van der Waals surface area contributed by atoms with Gasteiger partial charge in [0.05, 0.1) is 5.56 Å². The monoisotopic (exact) mass is 213 g/mol. The van der Waals surface area contributed by atoms with Crippen LogP contribution in [0.25, 0.3) is 0 Å². The highest BCUT2D eigenvalue weighted by molar-refractivity contribution is 5.90. The van der Waals surface area contributed by atoms with Gasteiger partial charge >= 0.3 is 5.97 Å². The number of aryl methyl sites for hydroxylation is 1. The van der Waals surface area contributed by atoms with Crippen LogP contribution in [-0.4, -0.2) is 11.1 Å². The van der Waals surface area contributed by atoms with Crippen molar-refractivity contribution >= 4 is 18.4 Å². The SMILES string of the molecule is Cl.N[C@H]1CCc2cccc(C(=O)O)c21. The molecule has 1 aliphatic carbocycles. The zero-order valence-electron chi connectivity index (χ0n) is 7.56. The molecule has 3 nitrogen and oxygen atoms in total. The summed E-state index contributed by atoms with van der Waals surface area (Å²) < 4.78 is 0. The van der Waals surface area contributed by atoms with E-state index < -0.39 is 5.97 Å². The van der Waals surface area contributed by atoms with Crippen LogP contribution in [-0.2, 0) is 6.42 Å². The van der Waals surface area contributed by atoms with Crippen molar-refractivity contribution < 1.29 is 9.90 Å². The molecule has 1 aromatic carbocycles. The maximum Gasteiger partial charge on any atom is 0.336 e. The lowest BCUT2D eigenvalue weighted by Gasteiger charge is -2.07. The van der Waals surface area contributed by atoms with Crippen LogP contribution in [0, 0.1) is 0 Å². The molecule has 1 atom stereocenters. The van der Waals surface area contributed by atoms with Crippen LogP contribution in [0.15, 0.2) is 18.2 Å². The molecule has 0 fully saturated rings. The van der Waals surface area contributed by atoms with Gasteiger partial charge in [0.15, 0.2) is 0 Å². The van der Waals surface area contributed by atoms with Crippen molar-refractivity contribution in [2.45, 2.75) is 18.9 Å². The Morgan fingerprint density at radius 3 is 2.86 bits per heavy atom. The van der Waals surface area contributed by atoms with Crippen LogP contribution >= 0.6 is 12.4 Å². The largest absolute Gasteiger partial charge is 0.478 e. The van der Waals surface area contributed by atoms with E-state index in [2.05, 4.69) is 0 Å². The Hall–Kier alpha value is -1.06. The second-order valence-electron chi connectivity index (χ2n) is 3.33. The average molecular weight is 214 g/mol. The highest BCUT2D eigenvalue weighted by Gasteiger charge is 2.24. The molecule has 14 heavy (non-hydrogen) atoms. The van der Waals surface area contributed by atoms with Gasteiger partial charge in [-0.25, -0.2) is 4.79 Å². The van der Waals surface area contributed by atoms with Gasteiger partial charge < -0.3 is 10.8 Å². The summed E-state index contributed by atoms with van der Waals surface area (Å²) in [5, 5.41) is 8.91. The summed E-state index contributed by atoms with van der Waals surface area (Å²) in [7, 11) is 0. The van der Waals surface area contributed by atoms with E-state index in [9.17, 15) is 4.79 Å². The summed E-state index contributed by atoms with van der Waals surface area (Å²) in [4.78, 5) is 10.9. The molecule has 0 saturated heterocycles. The van der Waals surface area contributed by atoms with Crippen LogP contribution in [0.2, 0.25) is 0 Å². The van der Waals surface area contributed by atoms with E-state index >= 15 is 0 Å². The zero-order chi connectivity index (χ0) is 9.42. The number of hydrogen-bond donors (Lipinski definition) is 2. The molecule has 4 heteroatoms. The molecule has 76 valence electrons. The highest BCUT2D eigenvalue weighted by atomic mass is 35.5. The number of nitrogens with two attached hydrogens (primary N) is 1. The molecular formula is C10H12ClNO2. The fourth-order valence-corrected chi connectivity index (χ4v) is 1.91. The highest BCUT2D eigenvalue weighted by Crippen LogP contribution is 2.31. The van der Waals surface area contributed by atoms with Gasteiger partial charge in [-0.1, -0.05) is 12.1 Å². The quantitative estimate of drug-likeness (QED) is 0.747. The molecule has 0 saturated carbocycles. The van der Waals surface area contributed by atoms with Crippen LogP contribution in [0.4, 0.5) is 0 Å². The van der Waals surface area contributed by atoms with Crippen LogP contribution in [0.5, 0.6) is 0 Å². The number of carboxylic acid groups (broad SMARTS) is 1. The maximum atomic E-state index is 10.9. The Morgan fingerprint density at radius 2 is 2.21 bits per heavy atom. The molecule has 1 aliphatic rings. The minimum absolute atomic E-state index is 0. The van der Waals surface area contributed by atoms with Gasteiger partial charge in [-0.3, -0.25) is 0 Å². The summed E-state index contributed by atoms with van der Waals surface area (Å²) >= 11 is 0. The lowest BCUT2D eigenvalue weighted by atomic mass is 10.0. The number of aromatic carboxylic acids is 1. The Balaban J connectivity index is 0.000000980. The molecule has 0 bridgehead atoms. The van der Waals surface area contributed by atoms with Gasteiger partial charge in [-0.05, 0) is 30.0 Å². The van der Waals surface area contributed by atoms with Crippen molar-refractivity contribution in [2.24, 2.45) is 5.73 Å². The van der Waals surface area contributed by atoms with E-state index in [-0.39, 0.29) is 18.4 Å². The normalized spacial score (nSPS) is 18.5. The molecule has 0 unspecified atom stereocenters. The van der Waals surface area contributed by atoms with E-state index in [1.54, 1.807) is 12.1 Å². The molecule has 0 aliphatic heterocycles. The number of benzene rings is 1. The van der Waals surface area contributed by atoms with Crippen molar-refractivity contribution in [1.29, 1.82) is 0 Å². The number of carbonyl (C=O) groups is 1. The third-order valence-corrected chi connectivity index (χ3v) is 2.52. The van der Waals surface area contributed by atoms with Crippen molar-refractivity contribution in [3.05, 3.63) is 34.9 Å².